The molecule has 112 valence electrons. The normalized spacial score (nSPS) is 35.4. The Morgan fingerprint density at radius 2 is 2.21 bits per heavy atom. The molecule has 2 saturated heterocycles. The monoisotopic (exact) mass is 307 g/mol. The minimum atomic E-state index is -3.01. The summed E-state index contributed by atoms with van der Waals surface area (Å²) in [5.74, 6) is 2.62. The van der Waals surface area contributed by atoms with Crippen molar-refractivity contribution in [3.05, 3.63) is 0 Å². The van der Waals surface area contributed by atoms with Gasteiger partial charge in [0.05, 0.1) is 10.9 Å². The molecule has 2 rings (SSSR count). The molecule has 2 aliphatic rings. The number of thioether (sulfide) groups is 1. The van der Waals surface area contributed by atoms with Gasteiger partial charge in [0.1, 0.15) is 0 Å². The molecule has 1 N–H and O–H groups in total. The standard InChI is InChI=1S/C13H25NO3S2/c1-10(19(3,15)16)12(14-2)11-4-6-17-13(8-11)5-7-18-9-13/h10-12,14H,4-9H2,1-3H3. The predicted octanol–water partition coefficient (Wildman–Crippen LogP) is 1.31. The SMILES string of the molecule is CNC(C1CCOC2(CCSC2)C1)C(C)S(C)(=O)=O. The van der Waals surface area contributed by atoms with Gasteiger partial charge in [-0.1, -0.05) is 0 Å². The number of rotatable bonds is 4. The fourth-order valence-corrected chi connectivity index (χ4v) is 5.62. The molecule has 4 atom stereocenters. The molecule has 0 aromatic carbocycles. The summed E-state index contributed by atoms with van der Waals surface area (Å²) in [5, 5.41) is 2.90. The minimum Gasteiger partial charge on any atom is -0.374 e. The van der Waals surface area contributed by atoms with Crippen LogP contribution in [0.1, 0.15) is 26.2 Å². The Bertz CT molecular complexity index is 404. The van der Waals surface area contributed by atoms with Crippen LogP contribution in [0.15, 0.2) is 0 Å². The summed E-state index contributed by atoms with van der Waals surface area (Å²) in [6.07, 6.45) is 4.39. The number of ether oxygens (including phenoxy) is 1. The van der Waals surface area contributed by atoms with Crippen LogP contribution < -0.4 is 5.32 Å². The highest BCUT2D eigenvalue weighted by Gasteiger charge is 2.44. The molecule has 4 unspecified atom stereocenters. The van der Waals surface area contributed by atoms with Gasteiger partial charge in [-0.15, -0.1) is 0 Å². The first-order valence-electron chi connectivity index (χ1n) is 6.96. The number of hydrogen-bond donors (Lipinski definition) is 1. The lowest BCUT2D eigenvalue weighted by atomic mass is 9.80. The van der Waals surface area contributed by atoms with Crippen molar-refractivity contribution in [2.45, 2.75) is 43.1 Å². The predicted molar refractivity (Wildman–Crippen MR) is 80.5 cm³/mol. The largest absolute Gasteiger partial charge is 0.374 e. The van der Waals surface area contributed by atoms with Crippen molar-refractivity contribution in [3.63, 3.8) is 0 Å². The fraction of sp³-hybridized carbons (Fsp3) is 1.00. The van der Waals surface area contributed by atoms with E-state index in [4.69, 9.17) is 4.74 Å². The van der Waals surface area contributed by atoms with E-state index >= 15 is 0 Å². The maximum absolute atomic E-state index is 11.8. The molecule has 1 spiro atoms. The van der Waals surface area contributed by atoms with E-state index in [0.717, 1.165) is 31.6 Å². The lowest BCUT2D eigenvalue weighted by molar-refractivity contribution is -0.0847. The van der Waals surface area contributed by atoms with Gasteiger partial charge in [0, 0.05) is 24.7 Å². The molecule has 0 bridgehead atoms. The summed E-state index contributed by atoms with van der Waals surface area (Å²) in [5.41, 5.74) is 0.0138. The summed E-state index contributed by atoms with van der Waals surface area (Å²) >= 11 is 1.95. The Kier molecular flexibility index (Phi) is 4.86. The van der Waals surface area contributed by atoms with Crippen molar-refractivity contribution >= 4 is 21.6 Å². The highest BCUT2D eigenvalue weighted by molar-refractivity contribution is 7.99. The quantitative estimate of drug-likeness (QED) is 0.849. The van der Waals surface area contributed by atoms with Crippen LogP contribution in [0.4, 0.5) is 0 Å². The topological polar surface area (TPSA) is 55.4 Å². The third-order valence-electron chi connectivity index (χ3n) is 4.62. The van der Waals surface area contributed by atoms with Crippen molar-refractivity contribution < 1.29 is 13.2 Å². The average Bonchev–Trinajstić information content (AvgIpc) is 2.77. The zero-order valence-corrected chi connectivity index (χ0v) is 13.6. The van der Waals surface area contributed by atoms with Crippen molar-refractivity contribution in [1.82, 2.24) is 5.32 Å². The number of nitrogens with one attached hydrogen (secondary N) is 1. The Balaban J connectivity index is 2.10. The zero-order valence-electron chi connectivity index (χ0n) is 12.0. The summed E-state index contributed by atoms with van der Waals surface area (Å²) in [6.45, 7) is 2.59. The number of sulfone groups is 1. The van der Waals surface area contributed by atoms with Crippen LogP contribution in [-0.4, -0.2) is 56.7 Å². The smallest absolute Gasteiger partial charge is 0.151 e. The van der Waals surface area contributed by atoms with Crippen LogP contribution in [-0.2, 0) is 14.6 Å². The van der Waals surface area contributed by atoms with Gasteiger partial charge in [-0.2, -0.15) is 11.8 Å². The second-order valence-electron chi connectivity index (χ2n) is 5.94. The van der Waals surface area contributed by atoms with E-state index in [9.17, 15) is 8.42 Å². The van der Waals surface area contributed by atoms with Gasteiger partial charge in [0.2, 0.25) is 0 Å². The second-order valence-corrected chi connectivity index (χ2v) is 9.44. The molecule has 0 radical (unpaired) electrons. The van der Waals surface area contributed by atoms with Crippen molar-refractivity contribution in [2.24, 2.45) is 5.92 Å². The minimum absolute atomic E-state index is 0.0138. The van der Waals surface area contributed by atoms with Gasteiger partial charge in [-0.3, -0.25) is 0 Å². The maximum atomic E-state index is 11.8. The van der Waals surface area contributed by atoms with Gasteiger partial charge < -0.3 is 10.1 Å². The van der Waals surface area contributed by atoms with Crippen LogP contribution in [0, 0.1) is 5.92 Å². The van der Waals surface area contributed by atoms with E-state index < -0.39 is 9.84 Å². The molecule has 0 aromatic heterocycles. The Morgan fingerprint density at radius 3 is 2.74 bits per heavy atom. The lowest BCUT2D eigenvalue weighted by Gasteiger charge is -2.42. The molecular formula is C13H25NO3S2. The van der Waals surface area contributed by atoms with Gasteiger partial charge >= 0.3 is 0 Å². The average molecular weight is 307 g/mol. The first kappa shape index (κ1) is 15.6. The maximum Gasteiger partial charge on any atom is 0.151 e. The highest BCUT2D eigenvalue weighted by Crippen LogP contribution is 2.41. The Morgan fingerprint density at radius 1 is 1.47 bits per heavy atom. The van der Waals surface area contributed by atoms with Gasteiger partial charge in [0.15, 0.2) is 9.84 Å². The van der Waals surface area contributed by atoms with Crippen LogP contribution in [0.3, 0.4) is 0 Å². The van der Waals surface area contributed by atoms with Crippen molar-refractivity contribution in [2.75, 3.05) is 31.4 Å². The summed E-state index contributed by atoms with van der Waals surface area (Å²) in [7, 11) is -1.13. The van der Waals surface area contributed by atoms with Crippen molar-refractivity contribution in [1.29, 1.82) is 0 Å². The second kappa shape index (κ2) is 5.92. The molecule has 4 nitrogen and oxygen atoms in total. The van der Waals surface area contributed by atoms with Gasteiger partial charge in [0.25, 0.3) is 0 Å². The zero-order chi connectivity index (χ0) is 14.1. The molecule has 0 amide bonds. The molecular weight excluding hydrogens is 282 g/mol. The van der Waals surface area contributed by atoms with E-state index in [1.807, 2.05) is 25.7 Å². The van der Waals surface area contributed by atoms with E-state index in [2.05, 4.69) is 5.32 Å². The summed E-state index contributed by atoms with van der Waals surface area (Å²) in [4.78, 5) is 0. The molecule has 0 aliphatic carbocycles. The van der Waals surface area contributed by atoms with Gasteiger partial charge in [-0.25, -0.2) is 8.42 Å². The molecule has 2 heterocycles. The number of hydrogen-bond acceptors (Lipinski definition) is 5. The third kappa shape index (κ3) is 3.46. The van der Waals surface area contributed by atoms with Gasteiger partial charge in [-0.05, 0) is 44.9 Å². The molecule has 2 fully saturated rings. The van der Waals surface area contributed by atoms with Crippen LogP contribution in [0.2, 0.25) is 0 Å². The van der Waals surface area contributed by atoms with E-state index in [1.165, 1.54) is 12.0 Å². The molecule has 6 heteroatoms. The first-order valence-corrected chi connectivity index (χ1v) is 10.1. The Labute approximate surface area is 121 Å². The van der Waals surface area contributed by atoms with E-state index in [0.29, 0.717) is 5.92 Å². The van der Waals surface area contributed by atoms with Crippen molar-refractivity contribution in [3.8, 4) is 0 Å². The lowest BCUT2D eigenvalue weighted by Crippen LogP contribution is -2.51. The first-order chi connectivity index (χ1) is 8.88. The molecule has 0 saturated carbocycles. The van der Waals surface area contributed by atoms with E-state index in [-0.39, 0.29) is 16.9 Å². The molecule has 2 aliphatic heterocycles. The van der Waals surface area contributed by atoms with E-state index in [1.54, 1.807) is 0 Å². The Hall–Kier alpha value is 0.220. The highest BCUT2D eigenvalue weighted by atomic mass is 32.2. The van der Waals surface area contributed by atoms with Crippen LogP contribution in [0.25, 0.3) is 0 Å². The summed E-state index contributed by atoms with van der Waals surface area (Å²) in [6, 6.07) is 0.0291. The third-order valence-corrected chi connectivity index (χ3v) is 7.49. The summed E-state index contributed by atoms with van der Waals surface area (Å²) < 4.78 is 29.6. The fourth-order valence-electron chi connectivity index (χ4n) is 3.36. The van der Waals surface area contributed by atoms with Crippen LogP contribution >= 0.6 is 11.8 Å². The van der Waals surface area contributed by atoms with Crippen LogP contribution in [0.5, 0.6) is 0 Å². The molecule has 19 heavy (non-hydrogen) atoms. The molecule has 0 aromatic rings.